The molecule has 2 aromatic heterocycles. The molecule has 0 saturated heterocycles. The number of amides is 1. The zero-order valence-corrected chi connectivity index (χ0v) is 38.9. The first-order chi connectivity index (χ1) is 34.8. The molecule has 11 heteroatoms. The van der Waals surface area contributed by atoms with Crippen LogP contribution in [0.5, 0.6) is 11.5 Å². The average Bonchev–Trinajstić information content (AvgIpc) is 3.83. The summed E-state index contributed by atoms with van der Waals surface area (Å²) in [5, 5.41) is 23.1. The average molecular weight is 926 g/mol. The highest BCUT2D eigenvalue weighted by atomic mass is 16.5. The minimum atomic E-state index is -0.213. The van der Waals surface area contributed by atoms with E-state index >= 15 is 0 Å². The monoisotopic (exact) mass is 925 g/mol. The van der Waals surface area contributed by atoms with Crippen molar-refractivity contribution < 1.29 is 14.3 Å². The van der Waals surface area contributed by atoms with E-state index in [9.17, 15) is 9.59 Å². The Morgan fingerprint density at radius 1 is 0.549 bits per heavy atom. The summed E-state index contributed by atoms with van der Waals surface area (Å²) < 4.78 is 13.3. The van der Waals surface area contributed by atoms with Crippen LogP contribution in [-0.4, -0.2) is 36.6 Å². The zero-order valence-electron chi connectivity index (χ0n) is 38.9. The summed E-state index contributed by atoms with van der Waals surface area (Å²) in [5.74, 6) is 0.613. The van der Waals surface area contributed by atoms with E-state index in [1.165, 1.54) is 0 Å². The van der Waals surface area contributed by atoms with E-state index < -0.39 is 0 Å². The van der Waals surface area contributed by atoms with Crippen LogP contribution in [0.4, 0.5) is 28.4 Å². The fraction of sp³-hybridized carbons (Fsp3) is 0.0500. The molecule has 11 rings (SSSR count). The van der Waals surface area contributed by atoms with E-state index in [4.69, 9.17) is 14.5 Å². The van der Waals surface area contributed by atoms with Gasteiger partial charge in [0.1, 0.15) is 22.8 Å². The van der Waals surface area contributed by atoms with E-state index in [0.717, 1.165) is 65.9 Å². The maximum absolute atomic E-state index is 13.9. The third-order valence-electron chi connectivity index (χ3n) is 12.6. The Hall–Kier alpha value is -9.61. The van der Waals surface area contributed by atoms with Crippen LogP contribution in [0.3, 0.4) is 0 Å². The molecule has 1 amide bonds. The summed E-state index contributed by atoms with van der Waals surface area (Å²) in [6, 6.07) is 58.4. The number of ether oxygens (including phenoxy) is 2. The lowest BCUT2D eigenvalue weighted by molar-refractivity contribution is 0.0990. The van der Waals surface area contributed by atoms with Crippen LogP contribution >= 0.6 is 0 Å². The van der Waals surface area contributed by atoms with Crippen LogP contribution in [-0.2, 0) is 0 Å². The number of fused-ring (bicyclic) bond motifs is 5. The van der Waals surface area contributed by atoms with E-state index in [0.29, 0.717) is 50.8 Å². The first kappa shape index (κ1) is 43.9. The largest absolute Gasteiger partial charge is 0.494 e. The van der Waals surface area contributed by atoms with Crippen molar-refractivity contribution in [2.24, 2.45) is 20.5 Å². The second-order valence-corrected chi connectivity index (χ2v) is 16.9. The fourth-order valence-corrected chi connectivity index (χ4v) is 8.94. The van der Waals surface area contributed by atoms with Crippen LogP contribution in [0, 0.1) is 0 Å². The third kappa shape index (κ3) is 8.42. The van der Waals surface area contributed by atoms with Crippen LogP contribution in [0.25, 0.3) is 73.3 Å². The molecule has 0 unspecified atom stereocenters. The number of para-hydroxylation sites is 3. The van der Waals surface area contributed by atoms with Gasteiger partial charge < -0.3 is 14.4 Å². The molecular weight excluding hydrogens is 883 g/mol. The Balaban J connectivity index is 0.754. The van der Waals surface area contributed by atoms with E-state index in [2.05, 4.69) is 69.0 Å². The number of carbonyl (C=O) groups excluding carboxylic acids is 1. The van der Waals surface area contributed by atoms with Crippen molar-refractivity contribution in [1.82, 2.24) is 9.38 Å². The molecule has 342 valence electrons. The Kier molecular flexibility index (Phi) is 11.6. The molecular formula is C60H43N7O4. The molecule has 2 heterocycles. The Labute approximate surface area is 408 Å². The molecule has 11 nitrogen and oxygen atoms in total. The van der Waals surface area contributed by atoms with Gasteiger partial charge in [-0.1, -0.05) is 146 Å². The number of benzene rings is 9. The van der Waals surface area contributed by atoms with Crippen molar-refractivity contribution in [1.29, 1.82) is 0 Å². The predicted octanol–water partition coefficient (Wildman–Crippen LogP) is 15.2. The summed E-state index contributed by atoms with van der Waals surface area (Å²) >= 11 is 0. The van der Waals surface area contributed by atoms with Crippen molar-refractivity contribution in [3.05, 3.63) is 220 Å². The molecule has 0 aliphatic carbocycles. The maximum atomic E-state index is 13.9. The number of methoxy groups -OCH3 is 2. The topological polar surface area (TPSA) is 123 Å². The fourth-order valence-electron chi connectivity index (χ4n) is 8.94. The van der Waals surface area contributed by atoms with Gasteiger partial charge in [-0.3, -0.25) is 14.0 Å². The predicted molar refractivity (Wildman–Crippen MR) is 287 cm³/mol. The zero-order chi connectivity index (χ0) is 48.4. The minimum Gasteiger partial charge on any atom is -0.494 e. The minimum absolute atomic E-state index is 0.157. The molecule has 9 aromatic carbocycles. The van der Waals surface area contributed by atoms with Crippen LogP contribution in [0.15, 0.2) is 207 Å². The molecule has 0 aliphatic heterocycles. The number of rotatable bonds is 12. The summed E-state index contributed by atoms with van der Waals surface area (Å²) in [5.41, 5.74) is 9.66. The lowest BCUT2D eigenvalue weighted by Crippen LogP contribution is -2.26. The lowest BCUT2D eigenvalue weighted by Gasteiger charge is -2.20. The van der Waals surface area contributed by atoms with E-state index in [1.807, 2.05) is 152 Å². The maximum Gasteiger partial charge on any atom is 0.264 e. The first-order valence-corrected chi connectivity index (χ1v) is 22.9. The van der Waals surface area contributed by atoms with Gasteiger partial charge in [-0.15, -0.1) is 10.2 Å². The Morgan fingerprint density at radius 2 is 1.10 bits per heavy atom. The van der Waals surface area contributed by atoms with Crippen molar-refractivity contribution >= 4 is 108 Å². The number of anilines is 1. The summed E-state index contributed by atoms with van der Waals surface area (Å²) in [6.45, 7) is 0. The molecule has 0 N–H and O–H groups in total. The molecule has 11 aromatic rings. The van der Waals surface area contributed by atoms with Gasteiger partial charge in [0.25, 0.3) is 11.5 Å². The standard InChI is InChI=1S/C60H43N7O4/c1-66(45-13-5-4-6-14-45)59(68)50-36-42-12-7-8-15-46(42)56(57(50)71-3)65-63-44-34-30-41(31-35-44)27-25-39-22-20-38(21-23-39)24-26-40-28-32-43(33-29-40)62-64-55-47-16-11-17-48-54(47)49(37-53(55)70-2)60(69)67-52-19-10-9-18-51(52)61-58(48)67/h4-37H,1-3H3. The molecule has 0 bridgehead atoms. The second-order valence-electron chi connectivity index (χ2n) is 16.9. The molecule has 0 spiro atoms. The molecule has 0 radical (unpaired) electrons. The number of pyridine rings is 1. The van der Waals surface area contributed by atoms with Crippen molar-refractivity contribution in [3.63, 3.8) is 0 Å². The molecule has 0 aliphatic rings. The summed E-state index contributed by atoms with van der Waals surface area (Å²) in [6.07, 6.45) is 8.26. The number of nitrogens with zero attached hydrogens (tertiary/aromatic N) is 7. The van der Waals surface area contributed by atoms with Crippen LogP contribution < -0.4 is 19.9 Å². The quantitative estimate of drug-likeness (QED) is 0.0892. The van der Waals surface area contributed by atoms with Crippen molar-refractivity contribution in [2.75, 3.05) is 26.2 Å². The third-order valence-corrected chi connectivity index (χ3v) is 12.6. The normalized spacial score (nSPS) is 12.0. The molecule has 0 saturated carbocycles. The Morgan fingerprint density at radius 3 is 1.73 bits per heavy atom. The molecule has 0 fully saturated rings. The van der Waals surface area contributed by atoms with Gasteiger partial charge in [0.05, 0.1) is 47.6 Å². The van der Waals surface area contributed by atoms with Gasteiger partial charge in [0.2, 0.25) is 0 Å². The number of carbonyl (C=O) groups is 1. The second kappa shape index (κ2) is 18.8. The highest BCUT2D eigenvalue weighted by molar-refractivity contribution is 6.19. The van der Waals surface area contributed by atoms with Crippen molar-refractivity contribution in [2.45, 2.75) is 0 Å². The van der Waals surface area contributed by atoms with Crippen LogP contribution in [0.1, 0.15) is 32.6 Å². The number of azo groups is 2. The smallest absolute Gasteiger partial charge is 0.264 e. The number of imidazole rings is 1. The Bertz CT molecular complexity index is 4000. The molecule has 71 heavy (non-hydrogen) atoms. The number of hydrogen-bond donors (Lipinski definition) is 0. The van der Waals surface area contributed by atoms with E-state index in [-0.39, 0.29) is 11.5 Å². The van der Waals surface area contributed by atoms with Gasteiger partial charge >= 0.3 is 0 Å². The van der Waals surface area contributed by atoms with Gasteiger partial charge in [0, 0.05) is 34.3 Å². The lowest BCUT2D eigenvalue weighted by atomic mass is 10.0. The number of hydrogen-bond acceptors (Lipinski definition) is 9. The SMILES string of the molecule is COc1cc2c(=O)n3c4ccccc4nc3c3cccc(c1N=Nc1ccc(C=Cc4ccc(C=Cc5ccc(N=Nc6c(OC)c(C(=O)N(C)c7ccccc7)cc7ccccc67)cc5)cc4)cc1)c23. The summed E-state index contributed by atoms with van der Waals surface area (Å²) in [4.78, 5) is 34.2. The summed E-state index contributed by atoms with van der Waals surface area (Å²) in [7, 11) is 4.87. The van der Waals surface area contributed by atoms with Gasteiger partial charge in [-0.05, 0) is 88.3 Å². The van der Waals surface area contributed by atoms with Gasteiger partial charge in [-0.2, -0.15) is 10.2 Å². The van der Waals surface area contributed by atoms with Crippen LogP contribution in [0.2, 0.25) is 0 Å². The van der Waals surface area contributed by atoms with Crippen molar-refractivity contribution in [3.8, 4) is 11.5 Å². The molecule has 0 atom stereocenters. The van der Waals surface area contributed by atoms with Gasteiger partial charge in [0.15, 0.2) is 5.75 Å². The van der Waals surface area contributed by atoms with Gasteiger partial charge in [-0.25, -0.2) is 4.98 Å². The first-order valence-electron chi connectivity index (χ1n) is 22.9. The highest BCUT2D eigenvalue weighted by Gasteiger charge is 2.24. The van der Waals surface area contributed by atoms with E-state index in [1.54, 1.807) is 36.6 Å². The highest BCUT2D eigenvalue weighted by Crippen LogP contribution is 2.43. The number of aromatic nitrogens is 2.